The number of benzene rings is 2. The summed E-state index contributed by atoms with van der Waals surface area (Å²) in [5.41, 5.74) is 2.22. The number of carbonyl (C=O) groups is 2. The van der Waals surface area contributed by atoms with E-state index in [1.165, 1.54) is 14.0 Å². The van der Waals surface area contributed by atoms with Crippen molar-refractivity contribution < 1.29 is 23.6 Å². The number of nitrogens with one attached hydrogen (secondary N) is 1. The van der Waals surface area contributed by atoms with Crippen LogP contribution in [0.1, 0.15) is 24.8 Å². The van der Waals surface area contributed by atoms with Gasteiger partial charge in [-0.2, -0.15) is 4.98 Å². The molecule has 0 aliphatic rings. The molecule has 1 heterocycles. The smallest absolute Gasteiger partial charge is 0.307 e. The van der Waals surface area contributed by atoms with Crippen molar-refractivity contribution in [1.82, 2.24) is 10.1 Å². The van der Waals surface area contributed by atoms with E-state index in [9.17, 15) is 9.59 Å². The van der Waals surface area contributed by atoms with Crippen molar-refractivity contribution in [3.63, 3.8) is 0 Å². The Labute approximate surface area is 184 Å². The first kappa shape index (κ1) is 22.3. The lowest BCUT2D eigenvalue weighted by atomic mass is 10.2. The van der Waals surface area contributed by atoms with Crippen molar-refractivity contribution in [2.75, 3.05) is 12.4 Å². The van der Waals surface area contributed by atoms with Gasteiger partial charge in [0.15, 0.2) is 6.10 Å². The van der Waals surface area contributed by atoms with Crippen LogP contribution in [-0.4, -0.2) is 35.2 Å². The maximum Gasteiger partial charge on any atom is 0.307 e. The number of amides is 1. The lowest BCUT2D eigenvalue weighted by molar-refractivity contribution is -0.153. The van der Waals surface area contributed by atoms with E-state index in [1.807, 2.05) is 13.0 Å². The fourth-order valence-corrected chi connectivity index (χ4v) is 2.87. The van der Waals surface area contributed by atoms with E-state index in [2.05, 4.69) is 15.5 Å². The van der Waals surface area contributed by atoms with Gasteiger partial charge in [-0.05, 0) is 55.8 Å². The van der Waals surface area contributed by atoms with Crippen LogP contribution in [-0.2, 0) is 20.7 Å². The Bertz CT molecular complexity index is 1070. The number of hydrogen-bond acceptors (Lipinski definition) is 7. The molecule has 162 valence electrons. The van der Waals surface area contributed by atoms with Gasteiger partial charge in [0, 0.05) is 17.0 Å². The average molecular weight is 444 g/mol. The van der Waals surface area contributed by atoms with Crippen LogP contribution < -0.4 is 10.1 Å². The van der Waals surface area contributed by atoms with E-state index in [0.717, 1.165) is 11.1 Å². The number of carbonyl (C=O) groups excluding carboxylic acids is 2. The minimum atomic E-state index is -0.981. The molecule has 9 heteroatoms. The summed E-state index contributed by atoms with van der Waals surface area (Å²) < 4.78 is 15.6. The number of halogens is 1. The molecule has 8 nitrogen and oxygen atoms in total. The summed E-state index contributed by atoms with van der Waals surface area (Å²) in [5, 5.41) is 7.22. The van der Waals surface area contributed by atoms with Crippen molar-refractivity contribution >= 4 is 29.2 Å². The predicted octanol–water partition coefficient (Wildman–Crippen LogP) is 4.21. The summed E-state index contributed by atoms with van der Waals surface area (Å²) in [7, 11) is 1.51. The molecular weight excluding hydrogens is 422 g/mol. The zero-order valence-electron chi connectivity index (χ0n) is 17.3. The third kappa shape index (κ3) is 6.05. The second-order valence-electron chi connectivity index (χ2n) is 6.84. The van der Waals surface area contributed by atoms with Gasteiger partial charge in [-0.3, -0.25) is 9.59 Å². The Morgan fingerprint density at radius 2 is 1.94 bits per heavy atom. The third-order valence-electron chi connectivity index (χ3n) is 4.40. The highest BCUT2D eigenvalue weighted by atomic mass is 35.5. The highest BCUT2D eigenvalue weighted by Crippen LogP contribution is 2.25. The van der Waals surface area contributed by atoms with Crippen molar-refractivity contribution in [3.05, 3.63) is 58.9 Å². The molecule has 0 spiro atoms. The van der Waals surface area contributed by atoms with Gasteiger partial charge in [-0.25, -0.2) is 0 Å². The largest absolute Gasteiger partial charge is 0.495 e. The van der Waals surface area contributed by atoms with Crippen LogP contribution in [0.3, 0.4) is 0 Å². The number of ether oxygens (including phenoxy) is 2. The first-order valence-electron chi connectivity index (χ1n) is 9.59. The third-order valence-corrected chi connectivity index (χ3v) is 4.66. The van der Waals surface area contributed by atoms with E-state index in [1.54, 1.807) is 36.4 Å². The second-order valence-corrected chi connectivity index (χ2v) is 7.28. The molecule has 31 heavy (non-hydrogen) atoms. The number of esters is 1. The first-order chi connectivity index (χ1) is 14.9. The summed E-state index contributed by atoms with van der Waals surface area (Å²) >= 11 is 5.87. The molecule has 1 atom stereocenters. The lowest BCUT2D eigenvalue weighted by Gasteiger charge is -2.15. The standard InChI is InChI=1S/C22H22ClN3O5/c1-13-4-9-18(29-3)17(12-13)24-22(28)14(2)30-20(27)11-10-19-25-21(26-31-19)15-5-7-16(23)8-6-15/h4-9,12,14H,10-11H2,1-3H3,(H,24,28). The molecule has 0 fully saturated rings. The number of rotatable bonds is 8. The molecule has 2 aromatic carbocycles. The minimum Gasteiger partial charge on any atom is -0.495 e. The number of hydrogen-bond donors (Lipinski definition) is 1. The quantitative estimate of drug-likeness (QED) is 0.520. The van der Waals surface area contributed by atoms with Crippen molar-refractivity contribution in [2.45, 2.75) is 32.8 Å². The zero-order valence-corrected chi connectivity index (χ0v) is 18.1. The van der Waals surface area contributed by atoms with Gasteiger partial charge >= 0.3 is 5.97 Å². The number of aryl methyl sites for hydroxylation is 2. The highest BCUT2D eigenvalue weighted by Gasteiger charge is 2.20. The van der Waals surface area contributed by atoms with Crippen LogP contribution in [0, 0.1) is 6.92 Å². The van der Waals surface area contributed by atoms with Gasteiger partial charge in [0.2, 0.25) is 11.7 Å². The van der Waals surface area contributed by atoms with Gasteiger partial charge in [0.25, 0.3) is 5.91 Å². The Balaban J connectivity index is 1.51. The molecule has 3 aromatic rings. The fourth-order valence-electron chi connectivity index (χ4n) is 2.75. The summed E-state index contributed by atoms with van der Waals surface area (Å²) in [6.07, 6.45) is -0.794. The number of methoxy groups -OCH3 is 1. The monoisotopic (exact) mass is 443 g/mol. The first-order valence-corrected chi connectivity index (χ1v) is 9.97. The van der Waals surface area contributed by atoms with Crippen molar-refractivity contribution in [3.8, 4) is 17.1 Å². The molecule has 0 saturated carbocycles. The van der Waals surface area contributed by atoms with Gasteiger partial charge in [-0.1, -0.05) is 22.8 Å². The maximum absolute atomic E-state index is 12.4. The van der Waals surface area contributed by atoms with E-state index in [0.29, 0.717) is 28.2 Å². The minimum absolute atomic E-state index is 0.00631. The SMILES string of the molecule is COc1ccc(C)cc1NC(=O)C(C)OC(=O)CCc1nc(-c2ccc(Cl)cc2)no1. The topological polar surface area (TPSA) is 104 Å². The maximum atomic E-state index is 12.4. The molecule has 1 aromatic heterocycles. The number of anilines is 1. The predicted molar refractivity (Wildman–Crippen MR) is 115 cm³/mol. The van der Waals surface area contributed by atoms with Crippen LogP contribution >= 0.6 is 11.6 Å². The average Bonchev–Trinajstić information content (AvgIpc) is 3.22. The molecule has 0 saturated heterocycles. The molecule has 0 aliphatic carbocycles. The van der Waals surface area contributed by atoms with Crippen LogP contribution in [0.5, 0.6) is 5.75 Å². The molecule has 1 unspecified atom stereocenters. The van der Waals surface area contributed by atoms with E-state index in [4.69, 9.17) is 25.6 Å². The molecule has 0 aliphatic heterocycles. The van der Waals surface area contributed by atoms with Crippen LogP contribution in [0.4, 0.5) is 5.69 Å². The molecule has 1 amide bonds. The van der Waals surface area contributed by atoms with Crippen molar-refractivity contribution in [1.29, 1.82) is 0 Å². The Morgan fingerprint density at radius 1 is 1.19 bits per heavy atom. The summed E-state index contributed by atoms with van der Waals surface area (Å²) in [5.74, 6) is 0.207. The Hall–Kier alpha value is -3.39. The lowest BCUT2D eigenvalue weighted by Crippen LogP contribution is -2.30. The summed E-state index contributed by atoms with van der Waals surface area (Å²) in [6, 6.07) is 12.4. The van der Waals surface area contributed by atoms with Gasteiger partial charge in [0.05, 0.1) is 19.2 Å². The van der Waals surface area contributed by atoms with Crippen LogP contribution in [0.2, 0.25) is 5.02 Å². The normalized spacial score (nSPS) is 11.6. The van der Waals surface area contributed by atoms with E-state index < -0.39 is 18.0 Å². The molecule has 3 rings (SSSR count). The zero-order chi connectivity index (χ0) is 22.4. The number of nitrogens with zero attached hydrogens (tertiary/aromatic N) is 2. The second kappa shape index (κ2) is 10.1. The molecule has 1 N–H and O–H groups in total. The van der Waals surface area contributed by atoms with Crippen LogP contribution in [0.15, 0.2) is 47.0 Å². The molecule has 0 bridgehead atoms. The van der Waals surface area contributed by atoms with E-state index >= 15 is 0 Å². The number of aromatic nitrogens is 2. The van der Waals surface area contributed by atoms with E-state index in [-0.39, 0.29) is 12.8 Å². The van der Waals surface area contributed by atoms with Crippen molar-refractivity contribution in [2.24, 2.45) is 0 Å². The Kier molecular flexibility index (Phi) is 7.25. The highest BCUT2D eigenvalue weighted by molar-refractivity contribution is 6.30. The fraction of sp³-hybridized carbons (Fsp3) is 0.273. The molecular formula is C22H22ClN3O5. The molecule has 0 radical (unpaired) electrons. The Morgan fingerprint density at radius 3 is 2.65 bits per heavy atom. The van der Waals surface area contributed by atoms with Gasteiger partial charge < -0.3 is 19.3 Å². The summed E-state index contributed by atoms with van der Waals surface area (Å²) in [6.45, 7) is 3.40. The van der Waals surface area contributed by atoms with Gasteiger partial charge in [0.1, 0.15) is 5.75 Å². The summed E-state index contributed by atoms with van der Waals surface area (Å²) in [4.78, 5) is 28.8. The van der Waals surface area contributed by atoms with Crippen LogP contribution in [0.25, 0.3) is 11.4 Å². The van der Waals surface area contributed by atoms with Gasteiger partial charge in [-0.15, -0.1) is 0 Å².